The van der Waals surface area contributed by atoms with Crippen LogP contribution in [-0.4, -0.2) is 30.3 Å². The van der Waals surface area contributed by atoms with Gasteiger partial charge in [-0.15, -0.1) is 0 Å². The first-order chi connectivity index (χ1) is 12.5. The zero-order valence-electron chi connectivity index (χ0n) is 14.4. The smallest absolute Gasteiger partial charge is 0.229 e. The fourth-order valence-corrected chi connectivity index (χ4v) is 2.82. The number of amides is 2. The van der Waals surface area contributed by atoms with Crippen molar-refractivity contribution >= 4 is 17.5 Å². The molecule has 1 heterocycles. The van der Waals surface area contributed by atoms with Crippen molar-refractivity contribution in [1.29, 1.82) is 5.26 Å². The minimum atomic E-state index is -0.309. The molecule has 1 aliphatic heterocycles. The summed E-state index contributed by atoms with van der Waals surface area (Å²) in [7, 11) is 1.70. The molecule has 0 bridgehead atoms. The third-order valence-electron chi connectivity index (χ3n) is 4.30. The van der Waals surface area contributed by atoms with E-state index in [-0.39, 0.29) is 24.2 Å². The van der Waals surface area contributed by atoms with E-state index in [0.717, 1.165) is 5.56 Å². The molecule has 0 spiro atoms. The highest BCUT2D eigenvalue weighted by molar-refractivity contribution is 5.97. The fourth-order valence-electron chi connectivity index (χ4n) is 2.82. The van der Waals surface area contributed by atoms with Gasteiger partial charge in [-0.2, -0.15) is 5.26 Å². The van der Waals surface area contributed by atoms with Crippen molar-refractivity contribution < 1.29 is 14.3 Å². The molecule has 3 rings (SSSR count). The van der Waals surface area contributed by atoms with E-state index in [1.807, 2.05) is 12.1 Å². The molecule has 2 amide bonds. The number of nitrogens with zero attached hydrogens (tertiary/aromatic N) is 2. The Labute approximate surface area is 152 Å². The van der Waals surface area contributed by atoms with Crippen molar-refractivity contribution in [2.75, 3.05) is 18.9 Å². The molecule has 6 heteroatoms. The average molecular weight is 349 g/mol. The highest BCUT2D eigenvalue weighted by Gasteiger charge is 2.32. The molecular formula is C20H19N3O3. The summed E-state index contributed by atoms with van der Waals surface area (Å²) >= 11 is 0. The topological polar surface area (TPSA) is 82.4 Å². The Morgan fingerprint density at radius 1 is 1.31 bits per heavy atom. The van der Waals surface area contributed by atoms with Crippen molar-refractivity contribution in [3.63, 3.8) is 0 Å². The Balaban J connectivity index is 1.54. The SMILES string of the molecule is CN1C[C@H](C(=O)Nc2ccc(OCc3cccc(C#N)c3)cc2)CC1=O. The van der Waals surface area contributed by atoms with E-state index in [1.54, 1.807) is 48.3 Å². The average Bonchev–Trinajstić information content (AvgIpc) is 3.00. The summed E-state index contributed by atoms with van der Waals surface area (Å²) in [5, 5.41) is 11.7. The summed E-state index contributed by atoms with van der Waals surface area (Å²) in [4.78, 5) is 25.3. The van der Waals surface area contributed by atoms with Gasteiger partial charge >= 0.3 is 0 Å². The number of rotatable bonds is 5. The van der Waals surface area contributed by atoms with Crippen LogP contribution in [0.1, 0.15) is 17.5 Å². The van der Waals surface area contributed by atoms with Gasteiger partial charge in [0.1, 0.15) is 12.4 Å². The van der Waals surface area contributed by atoms with Gasteiger partial charge in [-0.3, -0.25) is 9.59 Å². The largest absolute Gasteiger partial charge is 0.489 e. The molecule has 0 unspecified atom stereocenters. The second-order valence-corrected chi connectivity index (χ2v) is 6.29. The highest BCUT2D eigenvalue weighted by atomic mass is 16.5. The number of hydrogen-bond acceptors (Lipinski definition) is 4. The zero-order chi connectivity index (χ0) is 18.5. The van der Waals surface area contributed by atoms with Crippen LogP contribution < -0.4 is 10.1 Å². The minimum absolute atomic E-state index is 0.00522. The fraction of sp³-hybridized carbons (Fsp3) is 0.250. The van der Waals surface area contributed by atoms with Crippen molar-refractivity contribution in [1.82, 2.24) is 4.90 Å². The number of likely N-dealkylation sites (tertiary alicyclic amines) is 1. The number of benzene rings is 2. The van der Waals surface area contributed by atoms with Gasteiger partial charge in [0.15, 0.2) is 0 Å². The summed E-state index contributed by atoms with van der Waals surface area (Å²) in [6.07, 6.45) is 0.255. The molecule has 2 aromatic carbocycles. The summed E-state index contributed by atoms with van der Waals surface area (Å²) in [6.45, 7) is 0.811. The summed E-state index contributed by atoms with van der Waals surface area (Å²) < 4.78 is 5.71. The van der Waals surface area contributed by atoms with Crippen LogP contribution in [-0.2, 0) is 16.2 Å². The summed E-state index contributed by atoms with van der Waals surface area (Å²) in [6, 6.07) is 16.4. The number of nitriles is 1. The molecule has 0 radical (unpaired) electrons. The molecule has 0 aliphatic carbocycles. The Kier molecular flexibility index (Phi) is 5.18. The van der Waals surface area contributed by atoms with E-state index in [1.165, 1.54) is 0 Å². The maximum Gasteiger partial charge on any atom is 0.229 e. The van der Waals surface area contributed by atoms with E-state index >= 15 is 0 Å². The van der Waals surface area contributed by atoms with Gasteiger partial charge in [0.05, 0.1) is 17.6 Å². The molecule has 1 saturated heterocycles. The third kappa shape index (κ3) is 4.19. The van der Waals surface area contributed by atoms with Crippen molar-refractivity contribution in [2.45, 2.75) is 13.0 Å². The number of carbonyl (C=O) groups is 2. The van der Waals surface area contributed by atoms with Crippen LogP contribution in [0.3, 0.4) is 0 Å². The standard InChI is InChI=1S/C20H19N3O3/c1-23-12-16(10-19(23)24)20(25)22-17-5-7-18(8-6-17)26-13-15-4-2-3-14(9-15)11-21/h2-9,16H,10,12-13H2,1H3,(H,22,25)/t16-/m1/s1. The molecule has 0 saturated carbocycles. The molecule has 1 fully saturated rings. The highest BCUT2D eigenvalue weighted by Crippen LogP contribution is 2.21. The van der Waals surface area contributed by atoms with Crippen molar-refractivity contribution in [3.05, 3.63) is 59.7 Å². The lowest BCUT2D eigenvalue weighted by molar-refractivity contribution is -0.127. The van der Waals surface area contributed by atoms with Crippen LogP contribution in [0.4, 0.5) is 5.69 Å². The quantitative estimate of drug-likeness (QED) is 0.899. The lowest BCUT2D eigenvalue weighted by atomic mass is 10.1. The first-order valence-electron chi connectivity index (χ1n) is 8.32. The first kappa shape index (κ1) is 17.5. The van der Waals surface area contributed by atoms with Crippen LogP contribution in [0.5, 0.6) is 5.75 Å². The number of carbonyl (C=O) groups excluding carboxylic acids is 2. The molecule has 26 heavy (non-hydrogen) atoms. The van der Waals surface area contributed by atoms with Crippen LogP contribution in [0.15, 0.2) is 48.5 Å². The number of hydrogen-bond donors (Lipinski definition) is 1. The molecule has 6 nitrogen and oxygen atoms in total. The molecule has 132 valence electrons. The second kappa shape index (κ2) is 7.70. The first-order valence-corrected chi connectivity index (χ1v) is 8.32. The predicted octanol–water partition coefficient (Wildman–Crippen LogP) is 2.55. The van der Waals surface area contributed by atoms with Gasteiger partial charge in [-0.1, -0.05) is 12.1 Å². The van der Waals surface area contributed by atoms with Crippen LogP contribution >= 0.6 is 0 Å². The van der Waals surface area contributed by atoms with E-state index < -0.39 is 0 Å². The zero-order valence-corrected chi connectivity index (χ0v) is 14.4. The number of nitrogens with one attached hydrogen (secondary N) is 1. The summed E-state index contributed by atoms with van der Waals surface area (Å²) in [5.74, 6) is 0.205. The Morgan fingerprint density at radius 3 is 2.73 bits per heavy atom. The monoisotopic (exact) mass is 349 g/mol. The molecule has 0 aromatic heterocycles. The normalized spacial score (nSPS) is 16.2. The number of anilines is 1. The molecular weight excluding hydrogens is 330 g/mol. The lowest BCUT2D eigenvalue weighted by Crippen LogP contribution is -2.25. The minimum Gasteiger partial charge on any atom is -0.489 e. The predicted molar refractivity (Wildman–Crippen MR) is 96.3 cm³/mol. The summed E-state index contributed by atoms with van der Waals surface area (Å²) in [5.41, 5.74) is 2.17. The van der Waals surface area contributed by atoms with E-state index in [2.05, 4.69) is 11.4 Å². The van der Waals surface area contributed by atoms with Crippen molar-refractivity contribution in [3.8, 4) is 11.8 Å². The third-order valence-corrected chi connectivity index (χ3v) is 4.30. The van der Waals surface area contributed by atoms with Gasteiger partial charge in [0.25, 0.3) is 0 Å². The maximum absolute atomic E-state index is 12.2. The lowest BCUT2D eigenvalue weighted by Gasteiger charge is -2.12. The van der Waals surface area contributed by atoms with E-state index in [9.17, 15) is 9.59 Å². The van der Waals surface area contributed by atoms with Crippen molar-refractivity contribution in [2.24, 2.45) is 5.92 Å². The Hall–Kier alpha value is -3.33. The Bertz CT molecular complexity index is 855. The van der Waals surface area contributed by atoms with Crippen LogP contribution in [0.2, 0.25) is 0 Å². The number of ether oxygens (including phenoxy) is 1. The van der Waals surface area contributed by atoms with Gasteiger partial charge in [0, 0.05) is 25.7 Å². The van der Waals surface area contributed by atoms with Gasteiger partial charge in [-0.05, 0) is 42.0 Å². The van der Waals surface area contributed by atoms with Gasteiger partial charge in [0.2, 0.25) is 11.8 Å². The second-order valence-electron chi connectivity index (χ2n) is 6.29. The Morgan fingerprint density at radius 2 is 2.08 bits per heavy atom. The molecule has 1 atom stereocenters. The molecule has 2 aromatic rings. The van der Waals surface area contributed by atoms with E-state index in [0.29, 0.717) is 30.2 Å². The van der Waals surface area contributed by atoms with Crippen LogP contribution in [0.25, 0.3) is 0 Å². The van der Waals surface area contributed by atoms with Gasteiger partial charge < -0.3 is 15.0 Å². The maximum atomic E-state index is 12.2. The molecule has 1 N–H and O–H groups in total. The van der Waals surface area contributed by atoms with E-state index in [4.69, 9.17) is 10.00 Å². The van der Waals surface area contributed by atoms with Gasteiger partial charge in [-0.25, -0.2) is 0 Å². The van der Waals surface area contributed by atoms with Crippen LogP contribution in [0, 0.1) is 17.2 Å². The molecule has 1 aliphatic rings.